The third-order valence-corrected chi connectivity index (χ3v) is 5.62. The molecule has 0 saturated heterocycles. The Hall–Kier alpha value is -3.12. The molecule has 29 heavy (non-hydrogen) atoms. The van der Waals surface area contributed by atoms with Crippen LogP contribution < -0.4 is 9.08 Å². The van der Waals surface area contributed by atoms with Crippen molar-refractivity contribution in [3.8, 4) is 5.88 Å². The van der Waals surface area contributed by atoms with Crippen LogP contribution in [-0.4, -0.2) is 27.5 Å². The van der Waals surface area contributed by atoms with Crippen molar-refractivity contribution in [1.82, 2.24) is 4.98 Å². The lowest BCUT2D eigenvalue weighted by molar-refractivity contribution is 0.475. The summed E-state index contributed by atoms with van der Waals surface area (Å²) in [5.74, 6) is 0.0619. The van der Waals surface area contributed by atoms with Gasteiger partial charge in [0.1, 0.15) is 4.90 Å². The van der Waals surface area contributed by atoms with Gasteiger partial charge in [-0.15, -0.1) is 0 Å². The number of aromatic nitrogens is 1. The van der Waals surface area contributed by atoms with Crippen LogP contribution >= 0.6 is 0 Å². The standard InChI is InChI=1S/C23H24N2O3S/c1-18-7-13-22(14-8-18)29(26,27)28-23-17-20(15-16-24-23)6-4-5-19-9-11-21(12-10-19)25(2)3/h4-5,7-17H,6H2,1-3H3. The maximum Gasteiger partial charge on any atom is 0.340 e. The lowest BCUT2D eigenvalue weighted by Gasteiger charge is -2.11. The summed E-state index contributed by atoms with van der Waals surface area (Å²) in [7, 11) is 0.108. The van der Waals surface area contributed by atoms with Gasteiger partial charge in [0, 0.05) is 32.0 Å². The first-order valence-corrected chi connectivity index (χ1v) is 10.6. The number of hydrogen-bond acceptors (Lipinski definition) is 5. The topological polar surface area (TPSA) is 59.5 Å². The molecule has 3 rings (SSSR count). The molecule has 1 heterocycles. The van der Waals surface area contributed by atoms with Gasteiger partial charge in [0.2, 0.25) is 5.88 Å². The van der Waals surface area contributed by atoms with Gasteiger partial charge in [0.25, 0.3) is 0 Å². The van der Waals surface area contributed by atoms with Crippen LogP contribution in [0.1, 0.15) is 16.7 Å². The first-order chi connectivity index (χ1) is 13.8. The minimum Gasteiger partial charge on any atom is -0.378 e. The molecule has 0 N–H and O–H groups in total. The van der Waals surface area contributed by atoms with Crippen molar-refractivity contribution in [3.05, 3.63) is 89.6 Å². The summed E-state index contributed by atoms with van der Waals surface area (Å²) in [5.41, 5.74) is 4.14. The van der Waals surface area contributed by atoms with E-state index >= 15 is 0 Å². The Kier molecular flexibility index (Phi) is 6.34. The highest BCUT2D eigenvalue weighted by atomic mass is 32.2. The normalized spacial score (nSPS) is 11.6. The summed E-state index contributed by atoms with van der Waals surface area (Å²) in [6.45, 7) is 1.90. The van der Waals surface area contributed by atoms with E-state index in [2.05, 4.69) is 34.1 Å². The van der Waals surface area contributed by atoms with Gasteiger partial charge in [0.05, 0.1) is 0 Å². The van der Waals surface area contributed by atoms with Gasteiger partial charge in [-0.25, -0.2) is 4.98 Å². The Balaban J connectivity index is 1.67. The van der Waals surface area contributed by atoms with Crippen molar-refractivity contribution in [2.75, 3.05) is 19.0 Å². The molecule has 0 aliphatic heterocycles. The molecule has 5 nitrogen and oxygen atoms in total. The summed E-state index contributed by atoms with van der Waals surface area (Å²) < 4.78 is 30.0. The maximum absolute atomic E-state index is 12.4. The first kappa shape index (κ1) is 20.6. The molecule has 6 heteroatoms. The molecule has 2 aromatic carbocycles. The number of pyridine rings is 1. The number of aryl methyl sites for hydroxylation is 1. The van der Waals surface area contributed by atoms with Crippen molar-refractivity contribution in [2.24, 2.45) is 0 Å². The fraction of sp³-hybridized carbons (Fsp3) is 0.174. The predicted octanol–water partition coefficient (Wildman–Crippen LogP) is 4.48. The maximum atomic E-state index is 12.4. The number of benzene rings is 2. The molecule has 0 atom stereocenters. The molecule has 0 fully saturated rings. The van der Waals surface area contributed by atoms with Gasteiger partial charge in [-0.3, -0.25) is 0 Å². The Morgan fingerprint density at radius 1 is 1.00 bits per heavy atom. The second kappa shape index (κ2) is 8.92. The molecule has 0 bridgehead atoms. The molecule has 0 unspecified atom stereocenters. The Bertz CT molecular complexity index is 1090. The Morgan fingerprint density at radius 3 is 2.34 bits per heavy atom. The van der Waals surface area contributed by atoms with E-state index in [4.69, 9.17) is 4.18 Å². The number of anilines is 1. The van der Waals surface area contributed by atoms with E-state index in [1.165, 1.54) is 12.1 Å². The zero-order valence-corrected chi connectivity index (χ0v) is 17.6. The summed E-state index contributed by atoms with van der Waals surface area (Å²) in [4.78, 5) is 6.19. The second-order valence-corrected chi connectivity index (χ2v) is 8.49. The van der Waals surface area contributed by atoms with Gasteiger partial charge >= 0.3 is 10.1 Å². The van der Waals surface area contributed by atoms with E-state index in [0.717, 1.165) is 22.4 Å². The second-order valence-electron chi connectivity index (χ2n) is 6.95. The van der Waals surface area contributed by atoms with E-state index < -0.39 is 10.1 Å². The summed E-state index contributed by atoms with van der Waals surface area (Å²) in [5, 5.41) is 0. The van der Waals surface area contributed by atoms with Gasteiger partial charge in [-0.2, -0.15) is 8.42 Å². The summed E-state index contributed by atoms with van der Waals surface area (Å²) in [6.07, 6.45) is 6.25. The number of nitrogens with zero attached hydrogens (tertiary/aromatic N) is 2. The number of hydrogen-bond donors (Lipinski definition) is 0. The van der Waals surface area contributed by atoms with Crippen molar-refractivity contribution < 1.29 is 12.6 Å². The zero-order valence-electron chi connectivity index (χ0n) is 16.7. The summed E-state index contributed by atoms with van der Waals surface area (Å²) >= 11 is 0. The molecule has 150 valence electrons. The molecule has 0 aliphatic rings. The zero-order chi connectivity index (χ0) is 20.9. The van der Waals surface area contributed by atoms with Crippen LogP contribution in [0.5, 0.6) is 5.88 Å². The Morgan fingerprint density at radius 2 is 1.69 bits per heavy atom. The first-order valence-electron chi connectivity index (χ1n) is 9.23. The smallest absolute Gasteiger partial charge is 0.340 e. The lowest BCUT2D eigenvalue weighted by atomic mass is 10.1. The van der Waals surface area contributed by atoms with Crippen molar-refractivity contribution >= 4 is 21.9 Å². The van der Waals surface area contributed by atoms with E-state index in [1.807, 2.05) is 39.2 Å². The number of allylic oxidation sites excluding steroid dienone is 1. The molecule has 0 spiro atoms. The van der Waals surface area contributed by atoms with Gasteiger partial charge in [0.15, 0.2) is 0 Å². The molecule has 0 saturated carbocycles. The van der Waals surface area contributed by atoms with E-state index in [9.17, 15) is 8.42 Å². The quantitative estimate of drug-likeness (QED) is 0.540. The van der Waals surface area contributed by atoms with E-state index in [-0.39, 0.29) is 10.8 Å². The van der Waals surface area contributed by atoms with Gasteiger partial charge in [-0.1, -0.05) is 42.0 Å². The average molecular weight is 409 g/mol. The lowest BCUT2D eigenvalue weighted by Crippen LogP contribution is -2.10. The minimum absolute atomic E-state index is 0.0619. The molecule has 1 aromatic heterocycles. The van der Waals surface area contributed by atoms with Crippen LogP contribution in [0.25, 0.3) is 6.08 Å². The van der Waals surface area contributed by atoms with Crippen LogP contribution in [0, 0.1) is 6.92 Å². The molecular formula is C23H24N2O3S. The third-order valence-electron chi connectivity index (χ3n) is 4.38. The van der Waals surface area contributed by atoms with Crippen LogP contribution in [0.2, 0.25) is 0 Å². The highest BCUT2D eigenvalue weighted by Gasteiger charge is 2.17. The van der Waals surface area contributed by atoms with Gasteiger partial charge in [-0.05, 0) is 54.8 Å². The SMILES string of the molecule is Cc1ccc(S(=O)(=O)Oc2cc(CC=Cc3ccc(N(C)C)cc3)ccn2)cc1. The van der Waals surface area contributed by atoms with Crippen molar-refractivity contribution in [3.63, 3.8) is 0 Å². The number of rotatable bonds is 7. The average Bonchev–Trinajstić information content (AvgIpc) is 2.69. The van der Waals surface area contributed by atoms with Crippen LogP contribution in [0.3, 0.4) is 0 Å². The third kappa shape index (κ3) is 5.68. The predicted molar refractivity (Wildman–Crippen MR) is 117 cm³/mol. The van der Waals surface area contributed by atoms with Crippen LogP contribution in [0.15, 0.2) is 77.8 Å². The highest BCUT2D eigenvalue weighted by molar-refractivity contribution is 7.87. The van der Waals surface area contributed by atoms with Crippen molar-refractivity contribution in [2.45, 2.75) is 18.2 Å². The van der Waals surface area contributed by atoms with Gasteiger partial charge < -0.3 is 9.08 Å². The van der Waals surface area contributed by atoms with Crippen LogP contribution in [-0.2, 0) is 16.5 Å². The van der Waals surface area contributed by atoms with E-state index in [1.54, 1.807) is 24.4 Å². The van der Waals surface area contributed by atoms with Crippen molar-refractivity contribution in [1.29, 1.82) is 0 Å². The fourth-order valence-corrected chi connectivity index (χ4v) is 3.58. The minimum atomic E-state index is -3.91. The monoisotopic (exact) mass is 408 g/mol. The molecule has 0 amide bonds. The molecular weight excluding hydrogens is 384 g/mol. The molecule has 0 aliphatic carbocycles. The highest BCUT2D eigenvalue weighted by Crippen LogP contribution is 2.19. The summed E-state index contributed by atoms with van der Waals surface area (Å²) in [6, 6.07) is 18.2. The molecule has 3 aromatic rings. The van der Waals surface area contributed by atoms with Crippen LogP contribution in [0.4, 0.5) is 5.69 Å². The fourth-order valence-electron chi connectivity index (χ4n) is 2.70. The molecule has 0 radical (unpaired) electrons. The largest absolute Gasteiger partial charge is 0.378 e. The Labute approximate surface area is 172 Å². The van der Waals surface area contributed by atoms with E-state index in [0.29, 0.717) is 6.42 Å².